The highest BCUT2D eigenvalue weighted by Gasteiger charge is 2.27. The molecule has 0 aliphatic heterocycles. The maximum Gasteiger partial charge on any atom is 0.242 e. The van der Waals surface area contributed by atoms with Crippen molar-refractivity contribution in [2.45, 2.75) is 66.1 Å². The Balaban J connectivity index is 2.23. The van der Waals surface area contributed by atoms with Crippen LogP contribution in [0.15, 0.2) is 48.5 Å². The fraction of sp³-hybridized carbons (Fsp3) is 0.417. The first kappa shape index (κ1) is 21.7. The lowest BCUT2D eigenvalue weighted by Gasteiger charge is -2.30. The Morgan fingerprint density at radius 1 is 1.00 bits per heavy atom. The van der Waals surface area contributed by atoms with Gasteiger partial charge in [-0.3, -0.25) is 9.59 Å². The van der Waals surface area contributed by atoms with Crippen molar-refractivity contribution in [1.82, 2.24) is 10.2 Å². The summed E-state index contributed by atoms with van der Waals surface area (Å²) in [6, 6.07) is 15.5. The summed E-state index contributed by atoms with van der Waals surface area (Å²) in [5.41, 5.74) is 4.29. The largest absolute Gasteiger partial charge is 0.352 e. The zero-order valence-corrected chi connectivity index (χ0v) is 17.7. The summed E-state index contributed by atoms with van der Waals surface area (Å²) in [6.45, 7) is 10.3. The second-order valence-electron chi connectivity index (χ2n) is 7.60. The van der Waals surface area contributed by atoms with Crippen LogP contribution >= 0.6 is 0 Å². The summed E-state index contributed by atoms with van der Waals surface area (Å²) in [5.74, 6) is -0.154. The van der Waals surface area contributed by atoms with Crippen molar-refractivity contribution in [2.24, 2.45) is 0 Å². The van der Waals surface area contributed by atoms with Crippen LogP contribution in [0.3, 0.4) is 0 Å². The summed E-state index contributed by atoms with van der Waals surface area (Å²) >= 11 is 0. The Labute approximate surface area is 169 Å². The number of aryl methyl sites for hydroxylation is 2. The summed E-state index contributed by atoms with van der Waals surface area (Å²) in [5, 5.41) is 3.00. The van der Waals surface area contributed by atoms with Crippen molar-refractivity contribution in [3.05, 3.63) is 70.8 Å². The number of benzene rings is 2. The van der Waals surface area contributed by atoms with Crippen molar-refractivity contribution >= 4 is 11.8 Å². The summed E-state index contributed by atoms with van der Waals surface area (Å²) < 4.78 is 0. The van der Waals surface area contributed by atoms with Gasteiger partial charge in [0.15, 0.2) is 0 Å². The first-order valence-electron chi connectivity index (χ1n) is 10.0. The normalized spacial score (nSPS) is 12.9. The first-order chi connectivity index (χ1) is 13.3. The molecule has 0 heterocycles. The van der Waals surface area contributed by atoms with Crippen molar-refractivity contribution in [2.75, 3.05) is 0 Å². The van der Waals surface area contributed by atoms with Crippen LogP contribution in [0, 0.1) is 13.8 Å². The van der Waals surface area contributed by atoms with Crippen LogP contribution < -0.4 is 5.32 Å². The average molecular weight is 381 g/mol. The van der Waals surface area contributed by atoms with Crippen LogP contribution in [0.25, 0.3) is 0 Å². The standard InChI is InChI=1S/C24H32N2O2/c1-6-19(4)25-24(28)20(5)26(16-22-10-8-7-9-18(22)3)23(27)15-21-13-11-17(2)12-14-21/h7-14,19-20H,6,15-16H2,1-5H3,(H,25,28)/t19-,20+/m1/s1. The third kappa shape index (κ3) is 5.95. The van der Waals surface area contributed by atoms with Gasteiger partial charge in [0.1, 0.15) is 6.04 Å². The second kappa shape index (κ2) is 10.1. The second-order valence-corrected chi connectivity index (χ2v) is 7.60. The minimum atomic E-state index is -0.536. The minimum absolute atomic E-state index is 0.0427. The highest BCUT2D eigenvalue weighted by atomic mass is 16.2. The van der Waals surface area contributed by atoms with E-state index in [0.29, 0.717) is 6.54 Å². The molecule has 2 amide bonds. The van der Waals surface area contributed by atoms with E-state index in [1.165, 1.54) is 0 Å². The van der Waals surface area contributed by atoms with Gasteiger partial charge in [0, 0.05) is 12.6 Å². The van der Waals surface area contributed by atoms with Crippen molar-refractivity contribution in [3.8, 4) is 0 Å². The highest BCUT2D eigenvalue weighted by Crippen LogP contribution is 2.16. The number of hydrogen-bond donors (Lipinski definition) is 1. The van der Waals surface area contributed by atoms with E-state index in [1.54, 1.807) is 4.90 Å². The molecule has 0 radical (unpaired) electrons. The average Bonchev–Trinajstić information content (AvgIpc) is 2.68. The molecule has 0 spiro atoms. The van der Waals surface area contributed by atoms with Gasteiger partial charge in [-0.15, -0.1) is 0 Å². The fourth-order valence-corrected chi connectivity index (χ4v) is 3.00. The van der Waals surface area contributed by atoms with Crippen molar-refractivity contribution in [3.63, 3.8) is 0 Å². The van der Waals surface area contributed by atoms with Crippen LogP contribution in [-0.4, -0.2) is 28.8 Å². The van der Waals surface area contributed by atoms with E-state index in [9.17, 15) is 9.59 Å². The van der Waals surface area contributed by atoms with E-state index in [2.05, 4.69) is 5.32 Å². The predicted molar refractivity (Wildman–Crippen MR) is 114 cm³/mol. The molecule has 0 aliphatic carbocycles. The lowest BCUT2D eigenvalue weighted by molar-refractivity contribution is -0.140. The molecule has 1 N–H and O–H groups in total. The summed E-state index contributed by atoms with van der Waals surface area (Å²) in [6.07, 6.45) is 1.14. The molecule has 2 rings (SSSR count). The van der Waals surface area contributed by atoms with Gasteiger partial charge < -0.3 is 10.2 Å². The van der Waals surface area contributed by atoms with Crippen LogP contribution in [0.2, 0.25) is 0 Å². The quantitative estimate of drug-likeness (QED) is 0.747. The molecule has 4 heteroatoms. The maximum atomic E-state index is 13.2. The highest BCUT2D eigenvalue weighted by molar-refractivity contribution is 5.88. The molecule has 2 aromatic carbocycles. The van der Waals surface area contributed by atoms with Crippen molar-refractivity contribution in [1.29, 1.82) is 0 Å². The van der Waals surface area contributed by atoms with Gasteiger partial charge in [-0.05, 0) is 50.8 Å². The number of carbonyl (C=O) groups excluding carboxylic acids is 2. The Kier molecular flexibility index (Phi) is 7.80. The number of carbonyl (C=O) groups is 2. The van der Waals surface area contributed by atoms with Crippen LogP contribution in [0.5, 0.6) is 0 Å². The number of rotatable bonds is 8. The van der Waals surface area contributed by atoms with Gasteiger partial charge in [0.25, 0.3) is 0 Å². The lowest BCUT2D eigenvalue weighted by Crippen LogP contribution is -2.50. The molecular weight excluding hydrogens is 348 g/mol. The fourth-order valence-electron chi connectivity index (χ4n) is 3.00. The molecule has 0 saturated heterocycles. The van der Waals surface area contributed by atoms with E-state index in [4.69, 9.17) is 0 Å². The molecule has 0 bridgehead atoms. The van der Waals surface area contributed by atoms with Gasteiger partial charge >= 0.3 is 0 Å². The monoisotopic (exact) mass is 380 g/mol. The molecule has 0 aromatic heterocycles. The molecule has 2 atom stereocenters. The molecule has 150 valence electrons. The summed E-state index contributed by atoms with van der Waals surface area (Å²) in [4.78, 5) is 27.6. The molecular formula is C24H32N2O2. The molecule has 2 aromatic rings. The number of amides is 2. The van der Waals surface area contributed by atoms with Gasteiger partial charge in [-0.1, -0.05) is 61.0 Å². The molecule has 0 fully saturated rings. The van der Waals surface area contributed by atoms with Crippen molar-refractivity contribution < 1.29 is 9.59 Å². The van der Waals surface area contributed by atoms with E-state index in [-0.39, 0.29) is 24.3 Å². The van der Waals surface area contributed by atoms with Gasteiger partial charge in [-0.2, -0.15) is 0 Å². The lowest BCUT2D eigenvalue weighted by atomic mass is 10.0. The molecule has 0 aliphatic rings. The first-order valence-corrected chi connectivity index (χ1v) is 10.0. The zero-order valence-electron chi connectivity index (χ0n) is 17.7. The molecule has 0 saturated carbocycles. The summed E-state index contributed by atoms with van der Waals surface area (Å²) in [7, 11) is 0. The zero-order chi connectivity index (χ0) is 20.7. The topological polar surface area (TPSA) is 49.4 Å². The van der Waals surface area contributed by atoms with E-state index in [0.717, 1.165) is 28.7 Å². The number of nitrogens with one attached hydrogen (secondary N) is 1. The maximum absolute atomic E-state index is 13.2. The third-order valence-corrected chi connectivity index (χ3v) is 5.25. The van der Waals surface area contributed by atoms with E-state index >= 15 is 0 Å². The molecule has 4 nitrogen and oxygen atoms in total. The predicted octanol–water partition coefficient (Wildman–Crippen LogP) is 4.18. The van der Waals surface area contributed by atoms with E-state index < -0.39 is 6.04 Å². The van der Waals surface area contributed by atoms with Crippen LogP contribution in [0.1, 0.15) is 49.4 Å². The Morgan fingerprint density at radius 3 is 2.25 bits per heavy atom. The Bertz CT molecular complexity index is 799. The van der Waals surface area contributed by atoms with Gasteiger partial charge in [-0.25, -0.2) is 0 Å². The van der Waals surface area contributed by atoms with E-state index in [1.807, 2.05) is 83.1 Å². The Hall–Kier alpha value is -2.62. The minimum Gasteiger partial charge on any atom is -0.352 e. The smallest absolute Gasteiger partial charge is 0.242 e. The number of nitrogens with zero attached hydrogens (tertiary/aromatic N) is 1. The third-order valence-electron chi connectivity index (χ3n) is 5.25. The Morgan fingerprint density at radius 2 is 1.64 bits per heavy atom. The number of hydrogen-bond acceptors (Lipinski definition) is 2. The molecule has 0 unspecified atom stereocenters. The van der Waals surface area contributed by atoms with Crippen LogP contribution in [-0.2, 0) is 22.6 Å². The van der Waals surface area contributed by atoms with Gasteiger partial charge in [0.05, 0.1) is 6.42 Å². The molecule has 28 heavy (non-hydrogen) atoms. The SMILES string of the molecule is CC[C@@H](C)NC(=O)[C@H](C)N(Cc1ccccc1C)C(=O)Cc1ccc(C)cc1. The van der Waals surface area contributed by atoms with Gasteiger partial charge in [0.2, 0.25) is 11.8 Å². The van der Waals surface area contributed by atoms with Crippen LogP contribution in [0.4, 0.5) is 0 Å².